The number of hydrogen-bond acceptors (Lipinski definition) is 5. The number of aliphatic hydroxyl groups excluding tert-OH is 2. The first-order valence-electron chi connectivity index (χ1n) is 8.11. The Morgan fingerprint density at radius 1 is 0.875 bits per heavy atom. The van der Waals surface area contributed by atoms with Gasteiger partial charge < -0.3 is 25.2 Å². The fourth-order valence-corrected chi connectivity index (χ4v) is 3.07. The zero-order valence-electron chi connectivity index (χ0n) is 13.2. The van der Waals surface area contributed by atoms with Crippen molar-refractivity contribution in [1.82, 2.24) is 0 Å². The quantitative estimate of drug-likeness (QED) is 0.690. The molecule has 4 N–H and O–H groups in total. The lowest BCUT2D eigenvalue weighted by Crippen LogP contribution is -2.43. The SMILES string of the molecule is Oc1ccc(CC[C@H]2C[C@H](O)[C@@H](O)[C@@H](c3ccc(O)cc3)O2)cc1. The summed E-state index contributed by atoms with van der Waals surface area (Å²) >= 11 is 0. The Hall–Kier alpha value is -2.08. The second-order valence-electron chi connectivity index (χ2n) is 6.27. The van der Waals surface area contributed by atoms with E-state index in [-0.39, 0.29) is 17.6 Å². The number of rotatable bonds is 4. The molecule has 0 aromatic heterocycles. The molecule has 0 bridgehead atoms. The molecule has 1 saturated heterocycles. The molecule has 1 heterocycles. The van der Waals surface area contributed by atoms with Gasteiger partial charge in [0.05, 0.1) is 12.2 Å². The highest BCUT2D eigenvalue weighted by molar-refractivity contribution is 5.29. The van der Waals surface area contributed by atoms with E-state index >= 15 is 0 Å². The van der Waals surface area contributed by atoms with Crippen molar-refractivity contribution in [2.24, 2.45) is 0 Å². The molecule has 5 nitrogen and oxygen atoms in total. The molecule has 2 aromatic rings. The monoisotopic (exact) mass is 330 g/mol. The molecule has 5 heteroatoms. The second-order valence-corrected chi connectivity index (χ2v) is 6.27. The Morgan fingerprint density at radius 2 is 1.46 bits per heavy atom. The molecular weight excluding hydrogens is 308 g/mol. The topological polar surface area (TPSA) is 90.2 Å². The summed E-state index contributed by atoms with van der Waals surface area (Å²) in [5, 5.41) is 39.1. The summed E-state index contributed by atoms with van der Waals surface area (Å²) in [6.45, 7) is 0. The van der Waals surface area contributed by atoms with E-state index < -0.39 is 18.3 Å². The lowest BCUT2D eigenvalue weighted by molar-refractivity contribution is -0.172. The molecule has 0 saturated carbocycles. The lowest BCUT2D eigenvalue weighted by Gasteiger charge is -2.37. The molecule has 0 spiro atoms. The summed E-state index contributed by atoms with van der Waals surface area (Å²) in [5.74, 6) is 0.382. The first kappa shape index (κ1) is 16.8. The van der Waals surface area contributed by atoms with E-state index in [0.29, 0.717) is 12.8 Å². The minimum absolute atomic E-state index is 0.147. The zero-order chi connectivity index (χ0) is 17.1. The Kier molecular flexibility index (Phi) is 5.04. The molecule has 24 heavy (non-hydrogen) atoms. The fraction of sp³-hybridized carbons (Fsp3) is 0.368. The van der Waals surface area contributed by atoms with Gasteiger partial charge in [-0.3, -0.25) is 0 Å². The van der Waals surface area contributed by atoms with E-state index in [4.69, 9.17) is 4.74 Å². The number of ether oxygens (including phenoxy) is 1. The van der Waals surface area contributed by atoms with Crippen molar-refractivity contribution in [3.8, 4) is 11.5 Å². The summed E-state index contributed by atoms with van der Waals surface area (Å²) in [7, 11) is 0. The molecule has 0 aliphatic carbocycles. The predicted octanol–water partition coefficient (Wildman–Crippen LogP) is 2.28. The third-order valence-corrected chi connectivity index (χ3v) is 4.46. The predicted molar refractivity (Wildman–Crippen MR) is 88.8 cm³/mol. The molecule has 3 rings (SSSR count). The van der Waals surface area contributed by atoms with Crippen LogP contribution < -0.4 is 0 Å². The standard InChI is InChI=1S/C19H22O5/c20-14-6-1-12(2-7-14)3-10-16-11-17(22)18(23)19(24-16)13-4-8-15(21)9-5-13/h1-2,4-9,16-23H,3,10-11H2/t16-,17-,18+,19+/m0/s1. The van der Waals surface area contributed by atoms with Crippen LogP contribution >= 0.6 is 0 Å². The van der Waals surface area contributed by atoms with Crippen molar-refractivity contribution in [3.63, 3.8) is 0 Å². The summed E-state index contributed by atoms with van der Waals surface area (Å²) in [6.07, 6.45) is -0.760. The molecular formula is C19H22O5. The fourth-order valence-electron chi connectivity index (χ4n) is 3.07. The van der Waals surface area contributed by atoms with Crippen LogP contribution in [-0.4, -0.2) is 38.7 Å². The van der Waals surface area contributed by atoms with Gasteiger partial charge in [0.1, 0.15) is 23.7 Å². The lowest BCUT2D eigenvalue weighted by atomic mass is 9.91. The number of aryl methyl sites for hydroxylation is 1. The maximum absolute atomic E-state index is 10.2. The van der Waals surface area contributed by atoms with Crippen molar-refractivity contribution in [2.75, 3.05) is 0 Å². The second kappa shape index (κ2) is 7.21. The van der Waals surface area contributed by atoms with Gasteiger partial charge in [0.15, 0.2) is 0 Å². The van der Waals surface area contributed by atoms with Crippen molar-refractivity contribution < 1.29 is 25.2 Å². The normalized spacial score (nSPS) is 27.1. The van der Waals surface area contributed by atoms with Crippen LogP contribution in [0, 0.1) is 0 Å². The van der Waals surface area contributed by atoms with Crippen molar-refractivity contribution in [1.29, 1.82) is 0 Å². The van der Waals surface area contributed by atoms with Gasteiger partial charge in [0.25, 0.3) is 0 Å². The summed E-state index contributed by atoms with van der Waals surface area (Å²) < 4.78 is 6.00. The number of aromatic hydroxyl groups is 2. The van der Waals surface area contributed by atoms with Gasteiger partial charge in [-0.25, -0.2) is 0 Å². The third kappa shape index (κ3) is 3.87. The Morgan fingerprint density at radius 3 is 2.08 bits per heavy atom. The highest BCUT2D eigenvalue weighted by atomic mass is 16.5. The van der Waals surface area contributed by atoms with Gasteiger partial charge >= 0.3 is 0 Å². The van der Waals surface area contributed by atoms with E-state index in [0.717, 1.165) is 17.5 Å². The summed E-state index contributed by atoms with van der Waals surface area (Å²) in [4.78, 5) is 0. The maximum atomic E-state index is 10.2. The Bertz CT molecular complexity index is 652. The van der Waals surface area contributed by atoms with E-state index in [1.165, 1.54) is 12.1 Å². The molecule has 2 aromatic carbocycles. The number of hydrogen-bond donors (Lipinski definition) is 4. The van der Waals surface area contributed by atoms with Crippen LogP contribution in [0.4, 0.5) is 0 Å². The molecule has 1 aliphatic rings. The largest absolute Gasteiger partial charge is 0.508 e. The third-order valence-electron chi connectivity index (χ3n) is 4.46. The van der Waals surface area contributed by atoms with Crippen molar-refractivity contribution in [3.05, 3.63) is 59.7 Å². The molecule has 0 unspecified atom stereocenters. The molecule has 0 radical (unpaired) electrons. The molecule has 1 fully saturated rings. The Balaban J connectivity index is 1.66. The maximum Gasteiger partial charge on any atom is 0.115 e. The zero-order valence-corrected chi connectivity index (χ0v) is 13.2. The van der Waals surface area contributed by atoms with Gasteiger partial charge in [-0.15, -0.1) is 0 Å². The molecule has 0 amide bonds. The van der Waals surface area contributed by atoms with Gasteiger partial charge in [-0.05, 0) is 48.2 Å². The van der Waals surface area contributed by atoms with E-state index in [2.05, 4.69) is 0 Å². The van der Waals surface area contributed by atoms with Crippen LogP contribution in [0.1, 0.15) is 30.1 Å². The van der Waals surface area contributed by atoms with Crippen LogP contribution in [0.3, 0.4) is 0 Å². The first-order valence-corrected chi connectivity index (χ1v) is 8.11. The molecule has 128 valence electrons. The van der Waals surface area contributed by atoms with Crippen LogP contribution in [-0.2, 0) is 11.2 Å². The number of aliphatic hydroxyl groups is 2. The Labute approximate surface area is 140 Å². The van der Waals surface area contributed by atoms with Crippen molar-refractivity contribution in [2.45, 2.75) is 43.7 Å². The van der Waals surface area contributed by atoms with Crippen molar-refractivity contribution >= 4 is 0 Å². The van der Waals surface area contributed by atoms with Gasteiger partial charge in [-0.2, -0.15) is 0 Å². The van der Waals surface area contributed by atoms with Crippen LogP contribution in [0.5, 0.6) is 11.5 Å². The first-order chi connectivity index (χ1) is 11.5. The average molecular weight is 330 g/mol. The van der Waals surface area contributed by atoms with Gasteiger partial charge in [-0.1, -0.05) is 24.3 Å². The summed E-state index contributed by atoms with van der Waals surface area (Å²) in [6, 6.07) is 13.5. The van der Waals surface area contributed by atoms with Gasteiger partial charge in [0, 0.05) is 6.42 Å². The van der Waals surface area contributed by atoms with Crippen LogP contribution in [0.2, 0.25) is 0 Å². The van der Waals surface area contributed by atoms with E-state index in [9.17, 15) is 20.4 Å². The molecule has 1 aliphatic heterocycles. The van der Waals surface area contributed by atoms with Crippen LogP contribution in [0.15, 0.2) is 48.5 Å². The average Bonchev–Trinajstić information content (AvgIpc) is 2.58. The minimum Gasteiger partial charge on any atom is -0.508 e. The summed E-state index contributed by atoms with van der Waals surface area (Å²) in [5.41, 5.74) is 1.81. The highest BCUT2D eigenvalue weighted by Gasteiger charge is 2.37. The minimum atomic E-state index is -0.987. The molecule has 4 atom stereocenters. The van der Waals surface area contributed by atoms with Gasteiger partial charge in [0.2, 0.25) is 0 Å². The number of phenols is 2. The van der Waals surface area contributed by atoms with E-state index in [1.807, 2.05) is 12.1 Å². The highest BCUT2D eigenvalue weighted by Crippen LogP contribution is 2.34. The number of benzene rings is 2. The number of phenolic OH excluding ortho intramolecular Hbond substituents is 2. The van der Waals surface area contributed by atoms with E-state index in [1.54, 1.807) is 24.3 Å². The van der Waals surface area contributed by atoms with Crippen LogP contribution in [0.25, 0.3) is 0 Å². The smallest absolute Gasteiger partial charge is 0.115 e.